The topological polar surface area (TPSA) is 55.8 Å². The molecule has 0 N–H and O–H groups in total. The second-order valence-corrected chi connectivity index (χ2v) is 10.4. The molecule has 4 aromatic rings. The minimum atomic E-state index is -0.374. The number of carbonyl (C=O) groups excluding carboxylic acids is 2. The summed E-state index contributed by atoms with van der Waals surface area (Å²) in [4.78, 5) is 27.1. The van der Waals surface area contributed by atoms with Gasteiger partial charge in [0.1, 0.15) is 6.61 Å². The van der Waals surface area contributed by atoms with Gasteiger partial charge in [-0.25, -0.2) is 0 Å². The number of nitrogens with zero attached hydrogens (tertiary/aromatic N) is 1. The third-order valence-corrected chi connectivity index (χ3v) is 7.49. The fourth-order valence-electron chi connectivity index (χ4n) is 4.10. The van der Waals surface area contributed by atoms with E-state index in [1.807, 2.05) is 43.3 Å². The van der Waals surface area contributed by atoms with Crippen LogP contribution in [0.25, 0.3) is 16.8 Å². The van der Waals surface area contributed by atoms with Crippen LogP contribution in [0.5, 0.6) is 11.5 Å². The van der Waals surface area contributed by atoms with Crippen molar-refractivity contribution >= 4 is 63.0 Å². The average molecular weight is 564 g/mol. The predicted octanol–water partition coefficient (Wildman–Crippen LogP) is 8.36. The average Bonchev–Trinajstić information content (AvgIpc) is 3.17. The third kappa shape index (κ3) is 5.83. The first-order chi connectivity index (χ1) is 18.4. The van der Waals surface area contributed by atoms with Crippen LogP contribution >= 0.6 is 35.0 Å². The van der Waals surface area contributed by atoms with Crippen molar-refractivity contribution < 1.29 is 19.1 Å². The molecule has 0 atom stereocenters. The number of hydrogen-bond acceptors (Lipinski definition) is 5. The fourth-order valence-corrected chi connectivity index (χ4v) is 5.41. The Hall–Kier alpha value is -3.45. The molecule has 2 amide bonds. The van der Waals surface area contributed by atoms with Crippen LogP contribution in [0.1, 0.15) is 23.6 Å². The van der Waals surface area contributed by atoms with E-state index in [0.717, 1.165) is 28.3 Å². The van der Waals surface area contributed by atoms with E-state index in [4.69, 9.17) is 32.7 Å². The highest BCUT2D eigenvalue weighted by Gasteiger charge is 2.35. The molecule has 1 heterocycles. The highest BCUT2D eigenvalue weighted by Crippen LogP contribution is 2.36. The Morgan fingerprint density at radius 2 is 1.68 bits per heavy atom. The first kappa shape index (κ1) is 26.2. The summed E-state index contributed by atoms with van der Waals surface area (Å²) in [5.74, 6) is 0.789. The summed E-state index contributed by atoms with van der Waals surface area (Å²) in [6.07, 6.45) is 1.68. The van der Waals surface area contributed by atoms with Crippen molar-refractivity contribution in [3.05, 3.63) is 111 Å². The van der Waals surface area contributed by atoms with Gasteiger partial charge in [-0.15, -0.1) is 0 Å². The first-order valence-corrected chi connectivity index (χ1v) is 13.5. The number of rotatable bonds is 8. The maximum absolute atomic E-state index is 13.0. The summed E-state index contributed by atoms with van der Waals surface area (Å²) in [5.41, 5.74) is 2.41. The molecule has 0 bridgehead atoms. The Balaban J connectivity index is 1.32. The van der Waals surface area contributed by atoms with E-state index < -0.39 is 0 Å². The molecule has 5 rings (SSSR count). The quantitative estimate of drug-likeness (QED) is 0.201. The van der Waals surface area contributed by atoms with Gasteiger partial charge in [0.2, 0.25) is 0 Å². The van der Waals surface area contributed by atoms with E-state index in [-0.39, 0.29) is 17.7 Å². The van der Waals surface area contributed by atoms with E-state index in [9.17, 15) is 9.59 Å². The summed E-state index contributed by atoms with van der Waals surface area (Å²) in [7, 11) is 0. The van der Waals surface area contributed by atoms with Crippen LogP contribution in [0.15, 0.2) is 83.8 Å². The largest absolute Gasteiger partial charge is 0.490 e. The lowest BCUT2D eigenvalue weighted by molar-refractivity contribution is -0.123. The molecule has 1 fully saturated rings. The molecule has 192 valence electrons. The molecule has 1 aliphatic heterocycles. The molecule has 1 aliphatic rings. The molecule has 8 heteroatoms. The van der Waals surface area contributed by atoms with Gasteiger partial charge in [-0.05, 0) is 82.6 Å². The van der Waals surface area contributed by atoms with Crippen molar-refractivity contribution in [3.8, 4) is 11.5 Å². The molecule has 0 aliphatic carbocycles. The molecule has 4 aromatic carbocycles. The van der Waals surface area contributed by atoms with Crippen molar-refractivity contribution in [3.63, 3.8) is 0 Å². The Morgan fingerprint density at radius 3 is 2.47 bits per heavy atom. The third-order valence-electron chi connectivity index (χ3n) is 5.99. The maximum atomic E-state index is 13.0. The highest BCUT2D eigenvalue weighted by molar-refractivity contribution is 8.18. The molecule has 0 radical (unpaired) electrons. The van der Waals surface area contributed by atoms with Crippen LogP contribution in [-0.4, -0.2) is 22.7 Å². The van der Waals surface area contributed by atoms with Gasteiger partial charge in [0.15, 0.2) is 11.5 Å². The zero-order chi connectivity index (χ0) is 26.6. The molecule has 0 aromatic heterocycles. The lowest BCUT2D eigenvalue weighted by Crippen LogP contribution is -2.27. The number of ether oxygens (including phenoxy) is 2. The smallest absolute Gasteiger partial charge is 0.293 e. The lowest BCUT2D eigenvalue weighted by atomic mass is 10.1. The number of imide groups is 1. The summed E-state index contributed by atoms with van der Waals surface area (Å²) in [5, 5.41) is 2.87. The summed E-state index contributed by atoms with van der Waals surface area (Å²) < 4.78 is 11.9. The van der Waals surface area contributed by atoms with Crippen molar-refractivity contribution in [2.75, 3.05) is 6.61 Å². The second-order valence-electron chi connectivity index (χ2n) is 8.61. The Labute approximate surface area is 234 Å². The second kappa shape index (κ2) is 11.5. The van der Waals surface area contributed by atoms with E-state index >= 15 is 0 Å². The Bertz CT molecular complexity index is 1570. The number of amides is 2. The lowest BCUT2D eigenvalue weighted by Gasteiger charge is -2.14. The number of hydrogen-bond donors (Lipinski definition) is 0. The zero-order valence-corrected chi connectivity index (χ0v) is 22.8. The monoisotopic (exact) mass is 563 g/mol. The minimum Gasteiger partial charge on any atom is -0.490 e. The van der Waals surface area contributed by atoms with Crippen LogP contribution in [0.3, 0.4) is 0 Å². The maximum Gasteiger partial charge on any atom is 0.293 e. The van der Waals surface area contributed by atoms with Gasteiger partial charge in [-0.2, -0.15) is 0 Å². The molecule has 0 spiro atoms. The van der Waals surface area contributed by atoms with Gasteiger partial charge in [0.25, 0.3) is 11.1 Å². The van der Waals surface area contributed by atoms with Crippen molar-refractivity contribution in [1.82, 2.24) is 4.90 Å². The number of benzene rings is 4. The van der Waals surface area contributed by atoms with Gasteiger partial charge in [0.05, 0.1) is 18.1 Å². The first-order valence-electron chi connectivity index (χ1n) is 12.0. The van der Waals surface area contributed by atoms with Crippen LogP contribution < -0.4 is 9.47 Å². The molecular weight excluding hydrogens is 541 g/mol. The van der Waals surface area contributed by atoms with E-state index in [0.29, 0.717) is 45.2 Å². The van der Waals surface area contributed by atoms with Crippen molar-refractivity contribution in [2.24, 2.45) is 0 Å². The number of fused-ring (bicyclic) bond motifs is 1. The standard InChI is InChI=1S/C30H23Cl2NO4S/c1-2-36-27-14-19(8-12-26(27)37-18-20-7-9-21-5-3-4-6-22(21)13-20)15-28-29(34)33(30(35)38-28)17-23-10-11-24(31)16-25(23)32/h3-16H,2,17-18H2,1H3/b28-15-. The van der Waals surface area contributed by atoms with Crippen LogP contribution in [0.2, 0.25) is 10.0 Å². The minimum absolute atomic E-state index is 0.0732. The number of carbonyl (C=O) groups is 2. The normalized spacial score (nSPS) is 14.5. The Kier molecular flexibility index (Phi) is 7.93. The van der Waals surface area contributed by atoms with Crippen LogP contribution in [0.4, 0.5) is 4.79 Å². The molecule has 1 saturated heterocycles. The van der Waals surface area contributed by atoms with Crippen LogP contribution in [0, 0.1) is 0 Å². The molecule has 5 nitrogen and oxygen atoms in total. The number of thioether (sulfide) groups is 1. The molecule has 38 heavy (non-hydrogen) atoms. The fraction of sp³-hybridized carbons (Fsp3) is 0.133. The molecular formula is C30H23Cl2NO4S. The zero-order valence-electron chi connectivity index (χ0n) is 20.4. The van der Waals surface area contributed by atoms with Gasteiger partial charge >= 0.3 is 0 Å². The predicted molar refractivity (Wildman–Crippen MR) is 154 cm³/mol. The molecule has 0 unspecified atom stereocenters. The van der Waals surface area contributed by atoms with Crippen molar-refractivity contribution in [2.45, 2.75) is 20.1 Å². The van der Waals surface area contributed by atoms with Gasteiger partial charge in [-0.3, -0.25) is 14.5 Å². The van der Waals surface area contributed by atoms with Crippen LogP contribution in [-0.2, 0) is 17.9 Å². The van der Waals surface area contributed by atoms with Crippen molar-refractivity contribution in [1.29, 1.82) is 0 Å². The van der Waals surface area contributed by atoms with E-state index in [1.165, 1.54) is 10.3 Å². The van der Waals surface area contributed by atoms with Gasteiger partial charge in [-0.1, -0.05) is 71.7 Å². The summed E-state index contributed by atoms with van der Waals surface area (Å²) >= 11 is 13.1. The number of halogens is 2. The van der Waals surface area contributed by atoms with E-state index in [1.54, 1.807) is 24.3 Å². The summed E-state index contributed by atoms with van der Waals surface area (Å²) in [6, 6.07) is 24.9. The molecule has 0 saturated carbocycles. The van der Waals surface area contributed by atoms with Gasteiger partial charge < -0.3 is 9.47 Å². The highest BCUT2D eigenvalue weighted by atomic mass is 35.5. The van der Waals surface area contributed by atoms with Gasteiger partial charge in [0, 0.05) is 10.0 Å². The summed E-state index contributed by atoms with van der Waals surface area (Å²) in [6.45, 7) is 2.81. The van der Waals surface area contributed by atoms with E-state index in [2.05, 4.69) is 24.3 Å². The SMILES string of the molecule is CCOc1cc(/C=C2\SC(=O)N(Cc3ccc(Cl)cc3Cl)C2=O)ccc1OCc1ccc2ccccc2c1. The Morgan fingerprint density at radius 1 is 0.868 bits per heavy atom.